The number of anilines is 2. The maximum absolute atomic E-state index is 12.6. The number of methoxy groups -OCH3 is 1. The van der Waals surface area contributed by atoms with E-state index in [1.54, 1.807) is 24.3 Å². The highest BCUT2D eigenvalue weighted by Gasteiger charge is 2.35. The third-order valence-corrected chi connectivity index (χ3v) is 6.02. The average Bonchev–Trinajstić information content (AvgIpc) is 3.09. The van der Waals surface area contributed by atoms with Gasteiger partial charge in [0.25, 0.3) is 10.0 Å². The maximum atomic E-state index is 12.6. The molecule has 0 spiro atoms. The fraction of sp³-hybridized carbons (Fsp3) is 0.250. The Labute approximate surface area is 174 Å². The highest BCUT2D eigenvalue weighted by molar-refractivity contribution is 7.90. The molecule has 2 aromatic carbocycles. The molecule has 1 saturated heterocycles. The Balaban J connectivity index is 1.66. The van der Waals surface area contributed by atoms with Gasteiger partial charge in [0.05, 0.1) is 17.9 Å². The zero-order valence-electron chi connectivity index (χ0n) is 16.4. The summed E-state index contributed by atoms with van der Waals surface area (Å²) in [6.07, 6.45) is 0.0675. The molecule has 3 amide bonds. The minimum absolute atomic E-state index is 0.0675. The van der Waals surface area contributed by atoms with Crippen molar-refractivity contribution in [1.82, 2.24) is 4.72 Å². The van der Waals surface area contributed by atoms with Crippen molar-refractivity contribution in [3.63, 3.8) is 0 Å². The summed E-state index contributed by atoms with van der Waals surface area (Å²) < 4.78 is 31.0. The van der Waals surface area contributed by atoms with Crippen LogP contribution < -0.4 is 19.7 Å². The molecule has 0 aromatic heterocycles. The predicted molar refractivity (Wildman–Crippen MR) is 110 cm³/mol. The van der Waals surface area contributed by atoms with Crippen LogP contribution in [0.4, 0.5) is 11.4 Å². The first kappa shape index (κ1) is 21.3. The normalized spacial score (nSPS) is 16.3. The largest absolute Gasteiger partial charge is 0.497 e. The number of benzene rings is 2. The summed E-state index contributed by atoms with van der Waals surface area (Å²) in [4.78, 5) is 37.4. The molecule has 1 aliphatic rings. The Morgan fingerprint density at radius 3 is 2.47 bits per heavy atom. The molecule has 1 fully saturated rings. The summed E-state index contributed by atoms with van der Waals surface area (Å²) in [5.41, 5.74) is 1.04. The van der Waals surface area contributed by atoms with Gasteiger partial charge in [-0.05, 0) is 36.4 Å². The Morgan fingerprint density at radius 1 is 1.13 bits per heavy atom. The number of sulfonamides is 1. The fourth-order valence-electron chi connectivity index (χ4n) is 3.12. The lowest BCUT2D eigenvalue weighted by Crippen LogP contribution is -2.28. The van der Waals surface area contributed by atoms with Crippen LogP contribution in [0, 0.1) is 5.92 Å². The summed E-state index contributed by atoms with van der Waals surface area (Å²) in [6, 6.07) is 12.4. The second-order valence-corrected chi connectivity index (χ2v) is 8.46. The molecular weight excluding hydrogens is 410 g/mol. The first-order chi connectivity index (χ1) is 14.2. The van der Waals surface area contributed by atoms with Gasteiger partial charge in [-0.2, -0.15) is 0 Å². The number of carbonyl (C=O) groups excluding carboxylic acids is 3. The highest BCUT2D eigenvalue weighted by Crippen LogP contribution is 2.28. The third kappa shape index (κ3) is 4.77. The van der Waals surface area contributed by atoms with Gasteiger partial charge in [-0.25, -0.2) is 13.1 Å². The molecule has 0 saturated carbocycles. The van der Waals surface area contributed by atoms with Crippen molar-refractivity contribution in [2.24, 2.45) is 5.92 Å². The SMILES string of the molecule is COc1cccc(N2C[C@H](C(=O)Nc3ccc(S(=O)(=O)NC(C)=O)cc3)CC2=O)c1. The number of hydrogen-bond acceptors (Lipinski definition) is 6. The van der Waals surface area contributed by atoms with Gasteiger partial charge in [-0.15, -0.1) is 0 Å². The molecule has 0 radical (unpaired) electrons. The van der Waals surface area contributed by atoms with Gasteiger partial charge >= 0.3 is 0 Å². The van der Waals surface area contributed by atoms with Crippen LogP contribution in [0.2, 0.25) is 0 Å². The fourth-order valence-corrected chi connectivity index (χ4v) is 4.11. The van der Waals surface area contributed by atoms with E-state index in [-0.39, 0.29) is 29.7 Å². The van der Waals surface area contributed by atoms with E-state index in [1.807, 2.05) is 4.72 Å². The number of nitrogens with zero attached hydrogens (tertiary/aromatic N) is 1. The van der Waals surface area contributed by atoms with E-state index in [9.17, 15) is 22.8 Å². The van der Waals surface area contributed by atoms with E-state index >= 15 is 0 Å². The van der Waals surface area contributed by atoms with Gasteiger partial charge in [0.1, 0.15) is 5.75 Å². The van der Waals surface area contributed by atoms with E-state index in [2.05, 4.69) is 5.32 Å². The van der Waals surface area contributed by atoms with Gasteiger partial charge in [-0.3, -0.25) is 14.4 Å². The van der Waals surface area contributed by atoms with Crippen molar-refractivity contribution in [3.05, 3.63) is 48.5 Å². The molecule has 2 aromatic rings. The predicted octanol–water partition coefficient (Wildman–Crippen LogP) is 1.51. The molecular formula is C20H21N3O6S. The van der Waals surface area contributed by atoms with Crippen molar-refractivity contribution in [1.29, 1.82) is 0 Å². The molecule has 3 rings (SSSR count). The van der Waals surface area contributed by atoms with Crippen LogP contribution in [-0.2, 0) is 24.4 Å². The third-order valence-electron chi connectivity index (χ3n) is 4.57. The van der Waals surface area contributed by atoms with Crippen molar-refractivity contribution in [2.75, 3.05) is 23.9 Å². The molecule has 158 valence electrons. The van der Waals surface area contributed by atoms with Crippen molar-refractivity contribution >= 4 is 39.1 Å². The van der Waals surface area contributed by atoms with Crippen LogP contribution in [0.5, 0.6) is 5.75 Å². The summed E-state index contributed by atoms with van der Waals surface area (Å²) in [5, 5.41) is 2.69. The van der Waals surface area contributed by atoms with E-state index in [0.717, 1.165) is 6.92 Å². The summed E-state index contributed by atoms with van der Waals surface area (Å²) >= 11 is 0. The lowest BCUT2D eigenvalue weighted by Gasteiger charge is -2.17. The van der Waals surface area contributed by atoms with Crippen LogP contribution in [-0.4, -0.2) is 39.8 Å². The topological polar surface area (TPSA) is 122 Å². The molecule has 1 atom stereocenters. The molecule has 10 heteroatoms. The zero-order chi connectivity index (χ0) is 21.9. The lowest BCUT2D eigenvalue weighted by atomic mass is 10.1. The molecule has 0 aliphatic carbocycles. The summed E-state index contributed by atoms with van der Waals surface area (Å²) in [6.45, 7) is 1.33. The number of hydrogen-bond donors (Lipinski definition) is 2. The smallest absolute Gasteiger partial charge is 0.264 e. The summed E-state index contributed by atoms with van der Waals surface area (Å²) in [5.74, 6) is -1.14. The Hall–Kier alpha value is -3.40. The quantitative estimate of drug-likeness (QED) is 0.715. The first-order valence-corrected chi connectivity index (χ1v) is 10.6. The maximum Gasteiger partial charge on any atom is 0.264 e. The van der Waals surface area contributed by atoms with Crippen molar-refractivity contribution in [2.45, 2.75) is 18.2 Å². The highest BCUT2D eigenvalue weighted by atomic mass is 32.2. The van der Waals surface area contributed by atoms with Gasteiger partial charge in [0, 0.05) is 37.3 Å². The van der Waals surface area contributed by atoms with Gasteiger partial charge < -0.3 is 15.0 Å². The second kappa shape index (κ2) is 8.54. The van der Waals surface area contributed by atoms with Crippen molar-refractivity contribution in [3.8, 4) is 5.75 Å². The van der Waals surface area contributed by atoms with Crippen molar-refractivity contribution < 1.29 is 27.5 Å². The standard InChI is InChI=1S/C20H21N3O6S/c1-13(24)22-30(27,28)18-8-6-15(7-9-18)21-20(26)14-10-19(25)23(12-14)16-4-3-5-17(11-16)29-2/h3-9,11,14H,10,12H2,1-2H3,(H,21,26)(H,22,24)/t14-/m1/s1. The molecule has 2 N–H and O–H groups in total. The number of amides is 3. The Morgan fingerprint density at radius 2 is 1.83 bits per heavy atom. The Bertz CT molecular complexity index is 1080. The van der Waals surface area contributed by atoms with E-state index < -0.39 is 21.8 Å². The number of rotatable bonds is 6. The molecule has 0 bridgehead atoms. The van der Waals surface area contributed by atoms with Crippen LogP contribution in [0.25, 0.3) is 0 Å². The summed E-state index contributed by atoms with van der Waals surface area (Å²) in [7, 11) is -2.41. The van der Waals surface area contributed by atoms with Crippen LogP contribution in [0.15, 0.2) is 53.4 Å². The first-order valence-electron chi connectivity index (χ1n) is 9.08. The Kier molecular flexibility index (Phi) is 6.06. The molecule has 9 nitrogen and oxygen atoms in total. The van der Waals surface area contributed by atoms with Crippen LogP contribution >= 0.6 is 0 Å². The minimum Gasteiger partial charge on any atom is -0.497 e. The number of nitrogens with one attached hydrogen (secondary N) is 2. The van der Waals surface area contributed by atoms with E-state index in [1.165, 1.54) is 36.3 Å². The van der Waals surface area contributed by atoms with Gasteiger partial charge in [-0.1, -0.05) is 6.07 Å². The number of ether oxygens (including phenoxy) is 1. The average molecular weight is 431 g/mol. The van der Waals surface area contributed by atoms with Crippen LogP contribution in [0.3, 0.4) is 0 Å². The van der Waals surface area contributed by atoms with E-state index in [0.29, 0.717) is 17.1 Å². The van der Waals surface area contributed by atoms with Crippen LogP contribution in [0.1, 0.15) is 13.3 Å². The minimum atomic E-state index is -3.95. The van der Waals surface area contributed by atoms with Gasteiger partial charge in [0.2, 0.25) is 17.7 Å². The molecule has 1 heterocycles. The molecule has 0 unspecified atom stereocenters. The lowest BCUT2D eigenvalue weighted by molar-refractivity contribution is -0.122. The van der Waals surface area contributed by atoms with E-state index in [4.69, 9.17) is 4.74 Å². The molecule has 1 aliphatic heterocycles. The zero-order valence-corrected chi connectivity index (χ0v) is 17.2. The number of carbonyl (C=O) groups is 3. The van der Waals surface area contributed by atoms with Gasteiger partial charge in [0.15, 0.2) is 0 Å². The monoisotopic (exact) mass is 431 g/mol. The second-order valence-electron chi connectivity index (χ2n) is 6.78. The molecule has 30 heavy (non-hydrogen) atoms.